The maximum Gasteiger partial charge on any atom is 0.322 e. The summed E-state index contributed by atoms with van der Waals surface area (Å²) >= 11 is 14.3. The number of urea groups is 1. The highest BCUT2D eigenvalue weighted by atomic mass is 35.5. The van der Waals surface area contributed by atoms with Gasteiger partial charge in [-0.1, -0.05) is 43.1 Å². The Bertz CT molecular complexity index is 1200. The third-order valence-corrected chi connectivity index (χ3v) is 8.50. The standard InChI is InChI=1S/C25H29Cl2N5OS/c1-3-5-20-28-23(21-16-9-8-15(2)14-19(16)34-24(21)29-20)31-10-12-32(13-11-31)25(33)30-22-17(26)6-4-7-18(22)27/h4,6-7,15H,3,5,8-14H2,1-2H3,(H,30,33)/t15-/m1/s1. The molecule has 2 aromatic heterocycles. The maximum absolute atomic E-state index is 12.9. The number of fused-ring (bicyclic) bond motifs is 3. The number of benzene rings is 1. The van der Waals surface area contributed by atoms with Crippen molar-refractivity contribution in [2.24, 2.45) is 5.92 Å². The third kappa shape index (κ3) is 4.58. The Kier molecular flexibility index (Phi) is 6.87. The lowest BCUT2D eigenvalue weighted by atomic mass is 9.89. The second-order valence-electron chi connectivity index (χ2n) is 9.25. The molecule has 3 aromatic rings. The zero-order valence-corrected chi connectivity index (χ0v) is 21.9. The summed E-state index contributed by atoms with van der Waals surface area (Å²) < 4.78 is 0. The summed E-state index contributed by atoms with van der Waals surface area (Å²) in [5.74, 6) is 2.70. The summed E-state index contributed by atoms with van der Waals surface area (Å²) in [6.07, 6.45) is 5.35. The Morgan fingerprint density at radius 1 is 1.18 bits per heavy atom. The van der Waals surface area contributed by atoms with Crippen LogP contribution in [0, 0.1) is 5.92 Å². The molecular formula is C25H29Cl2N5OS. The van der Waals surface area contributed by atoms with Crippen LogP contribution in [0.4, 0.5) is 16.3 Å². The first kappa shape index (κ1) is 23.6. The molecule has 1 saturated heterocycles. The Morgan fingerprint density at radius 2 is 1.91 bits per heavy atom. The van der Waals surface area contributed by atoms with Crippen LogP contribution in [0.2, 0.25) is 10.0 Å². The van der Waals surface area contributed by atoms with Gasteiger partial charge in [-0.15, -0.1) is 11.3 Å². The summed E-state index contributed by atoms with van der Waals surface area (Å²) in [7, 11) is 0. The van der Waals surface area contributed by atoms with Crippen molar-refractivity contribution < 1.29 is 4.79 Å². The lowest BCUT2D eigenvalue weighted by molar-refractivity contribution is 0.208. The monoisotopic (exact) mass is 517 g/mol. The molecule has 1 aliphatic carbocycles. The number of carbonyl (C=O) groups is 1. The maximum atomic E-state index is 12.9. The molecule has 6 nitrogen and oxygen atoms in total. The van der Waals surface area contributed by atoms with Gasteiger partial charge in [-0.3, -0.25) is 0 Å². The minimum Gasteiger partial charge on any atom is -0.352 e. The molecule has 0 unspecified atom stereocenters. The fourth-order valence-corrected chi connectivity index (χ4v) is 6.74. The van der Waals surface area contributed by atoms with Crippen molar-refractivity contribution in [3.05, 3.63) is 44.5 Å². The van der Waals surface area contributed by atoms with Gasteiger partial charge >= 0.3 is 6.03 Å². The van der Waals surface area contributed by atoms with Gasteiger partial charge in [-0.05, 0) is 49.3 Å². The Labute approximate surface area is 214 Å². The van der Waals surface area contributed by atoms with Crippen molar-refractivity contribution >= 4 is 62.3 Å². The highest BCUT2D eigenvalue weighted by molar-refractivity contribution is 7.19. The molecule has 0 bridgehead atoms. The molecule has 34 heavy (non-hydrogen) atoms. The van der Waals surface area contributed by atoms with Crippen molar-refractivity contribution in [3.63, 3.8) is 0 Å². The third-order valence-electron chi connectivity index (χ3n) is 6.72. The van der Waals surface area contributed by atoms with E-state index in [1.165, 1.54) is 22.2 Å². The van der Waals surface area contributed by atoms with Crippen molar-refractivity contribution in [3.8, 4) is 0 Å². The van der Waals surface area contributed by atoms with Gasteiger partial charge in [0.15, 0.2) is 0 Å². The van der Waals surface area contributed by atoms with E-state index < -0.39 is 0 Å². The molecule has 0 radical (unpaired) electrons. The molecule has 180 valence electrons. The van der Waals surface area contributed by atoms with Gasteiger partial charge in [-0.25, -0.2) is 14.8 Å². The van der Waals surface area contributed by atoms with Crippen molar-refractivity contribution in [2.75, 3.05) is 36.4 Å². The van der Waals surface area contributed by atoms with Gasteiger partial charge in [0.2, 0.25) is 0 Å². The summed E-state index contributed by atoms with van der Waals surface area (Å²) in [5, 5.41) is 4.99. The first-order valence-corrected chi connectivity index (χ1v) is 13.6. The van der Waals surface area contributed by atoms with Gasteiger partial charge in [-0.2, -0.15) is 0 Å². The van der Waals surface area contributed by atoms with Crippen LogP contribution in [0.5, 0.6) is 0 Å². The van der Waals surface area contributed by atoms with Gasteiger partial charge < -0.3 is 15.1 Å². The number of rotatable bonds is 4. The van der Waals surface area contributed by atoms with E-state index in [-0.39, 0.29) is 6.03 Å². The Morgan fingerprint density at radius 3 is 2.62 bits per heavy atom. The van der Waals surface area contributed by atoms with Crippen LogP contribution in [-0.2, 0) is 19.3 Å². The average molecular weight is 519 g/mol. The minimum atomic E-state index is -0.184. The van der Waals surface area contributed by atoms with E-state index in [1.54, 1.807) is 18.2 Å². The number of halogens is 2. The highest BCUT2D eigenvalue weighted by Crippen LogP contribution is 2.41. The van der Waals surface area contributed by atoms with Crippen LogP contribution >= 0.6 is 34.5 Å². The molecule has 1 fully saturated rings. The molecule has 1 aliphatic heterocycles. The number of aryl methyl sites for hydroxylation is 2. The molecule has 2 aliphatic rings. The van der Waals surface area contributed by atoms with Crippen LogP contribution in [0.15, 0.2) is 18.2 Å². The number of anilines is 2. The number of piperazine rings is 1. The number of hydrogen-bond acceptors (Lipinski definition) is 5. The molecule has 0 spiro atoms. The van der Waals surface area contributed by atoms with E-state index >= 15 is 0 Å². The SMILES string of the molecule is CCCc1nc(N2CCN(C(=O)Nc3c(Cl)cccc3Cl)CC2)c2c3c(sc2n1)C[C@H](C)CC3. The molecule has 2 amide bonds. The van der Waals surface area contributed by atoms with Gasteiger partial charge in [0, 0.05) is 37.5 Å². The molecule has 1 N–H and O–H groups in total. The Hall–Kier alpha value is -2.09. The number of para-hydroxylation sites is 1. The predicted octanol–water partition coefficient (Wildman–Crippen LogP) is 6.43. The summed E-state index contributed by atoms with van der Waals surface area (Å²) in [6.45, 7) is 7.15. The smallest absolute Gasteiger partial charge is 0.322 e. The van der Waals surface area contributed by atoms with E-state index in [4.69, 9.17) is 33.2 Å². The zero-order valence-electron chi connectivity index (χ0n) is 19.5. The van der Waals surface area contributed by atoms with Crippen molar-refractivity contribution in [2.45, 2.75) is 46.0 Å². The first-order valence-electron chi connectivity index (χ1n) is 12.0. The lowest BCUT2D eigenvalue weighted by Crippen LogP contribution is -2.50. The molecule has 9 heteroatoms. The van der Waals surface area contributed by atoms with Crippen LogP contribution in [0.1, 0.15) is 43.0 Å². The molecule has 1 atom stereocenters. The molecule has 5 rings (SSSR count). The zero-order chi connectivity index (χ0) is 23.8. The molecule has 0 saturated carbocycles. The number of hydrogen-bond donors (Lipinski definition) is 1. The number of carbonyl (C=O) groups excluding carboxylic acids is 1. The second-order valence-corrected chi connectivity index (χ2v) is 11.1. The fraction of sp³-hybridized carbons (Fsp3) is 0.480. The summed E-state index contributed by atoms with van der Waals surface area (Å²) in [5.41, 5.74) is 1.91. The Balaban J connectivity index is 1.37. The molecule has 3 heterocycles. The number of thiophene rings is 1. The van der Waals surface area contributed by atoms with Gasteiger partial charge in [0.25, 0.3) is 0 Å². The number of aromatic nitrogens is 2. The summed E-state index contributed by atoms with van der Waals surface area (Å²) in [4.78, 5) is 29.6. The number of nitrogens with one attached hydrogen (secondary N) is 1. The van der Waals surface area contributed by atoms with E-state index in [9.17, 15) is 4.79 Å². The topological polar surface area (TPSA) is 61.4 Å². The van der Waals surface area contributed by atoms with Crippen LogP contribution in [0.25, 0.3) is 10.2 Å². The average Bonchev–Trinajstić information content (AvgIpc) is 3.18. The fourth-order valence-electron chi connectivity index (χ4n) is 4.85. The lowest BCUT2D eigenvalue weighted by Gasteiger charge is -2.36. The predicted molar refractivity (Wildman–Crippen MR) is 142 cm³/mol. The summed E-state index contributed by atoms with van der Waals surface area (Å²) in [6, 6.07) is 5.02. The number of amides is 2. The van der Waals surface area contributed by atoms with Crippen LogP contribution in [-0.4, -0.2) is 47.1 Å². The van der Waals surface area contributed by atoms with Crippen molar-refractivity contribution in [1.82, 2.24) is 14.9 Å². The van der Waals surface area contributed by atoms with Crippen LogP contribution < -0.4 is 10.2 Å². The van der Waals surface area contributed by atoms with E-state index in [1.807, 2.05) is 16.2 Å². The van der Waals surface area contributed by atoms with Crippen molar-refractivity contribution in [1.29, 1.82) is 0 Å². The van der Waals surface area contributed by atoms with Crippen LogP contribution in [0.3, 0.4) is 0 Å². The van der Waals surface area contributed by atoms with E-state index in [0.717, 1.165) is 61.2 Å². The van der Waals surface area contributed by atoms with E-state index in [0.29, 0.717) is 28.8 Å². The second kappa shape index (κ2) is 9.88. The highest BCUT2D eigenvalue weighted by Gasteiger charge is 2.29. The van der Waals surface area contributed by atoms with Gasteiger partial charge in [0.05, 0.1) is 21.1 Å². The normalized spacial score (nSPS) is 18.3. The molecular weight excluding hydrogens is 489 g/mol. The van der Waals surface area contributed by atoms with Gasteiger partial charge in [0.1, 0.15) is 16.5 Å². The quantitative estimate of drug-likeness (QED) is 0.433. The largest absolute Gasteiger partial charge is 0.352 e. The first-order chi connectivity index (χ1) is 16.4. The molecule has 1 aromatic carbocycles. The number of nitrogens with zero attached hydrogens (tertiary/aromatic N) is 4. The van der Waals surface area contributed by atoms with E-state index in [2.05, 4.69) is 24.1 Å². The minimum absolute atomic E-state index is 0.184.